The molecule has 0 saturated heterocycles. The van der Waals surface area contributed by atoms with Gasteiger partial charge in [0.1, 0.15) is 0 Å². The highest BCUT2D eigenvalue weighted by Crippen LogP contribution is 2.52. The van der Waals surface area contributed by atoms with Gasteiger partial charge in [-0.15, -0.1) is 0 Å². The molecule has 160 valence electrons. The Hall–Kier alpha value is -3.55. The van der Waals surface area contributed by atoms with E-state index in [-0.39, 0.29) is 30.4 Å². The van der Waals surface area contributed by atoms with Crippen LogP contribution in [0.3, 0.4) is 0 Å². The van der Waals surface area contributed by atoms with Crippen molar-refractivity contribution in [2.45, 2.75) is 31.5 Å². The molecule has 4 atom stereocenters. The van der Waals surface area contributed by atoms with Crippen LogP contribution < -0.4 is 4.74 Å². The molecular formula is C23H23N3O5. The maximum absolute atomic E-state index is 11.9. The fourth-order valence-electron chi connectivity index (χ4n) is 4.71. The molecule has 4 unspecified atom stereocenters. The van der Waals surface area contributed by atoms with Crippen molar-refractivity contribution in [3.63, 3.8) is 0 Å². The first-order valence-corrected chi connectivity index (χ1v) is 10.3. The number of benzene rings is 2. The maximum atomic E-state index is 11.9. The third-order valence-corrected chi connectivity index (χ3v) is 6.02. The van der Waals surface area contributed by atoms with E-state index in [9.17, 15) is 9.90 Å². The SMILES string of the molecule is CCOC(=O)OC1C=NN2C1=NC(c1ccc(O)c(OC)c1)C1Cc3ccccc3C12. The normalized spacial score (nSPS) is 25.4. The average molecular weight is 421 g/mol. The monoisotopic (exact) mass is 421 g/mol. The van der Waals surface area contributed by atoms with Crippen LogP contribution in [0.4, 0.5) is 4.79 Å². The van der Waals surface area contributed by atoms with Crippen LogP contribution in [-0.2, 0) is 15.9 Å². The molecule has 0 amide bonds. The number of methoxy groups -OCH3 is 1. The number of aliphatic imine (C=N–C) groups is 1. The first-order valence-electron chi connectivity index (χ1n) is 10.3. The molecule has 1 N–H and O–H groups in total. The lowest BCUT2D eigenvalue weighted by Crippen LogP contribution is -2.42. The Labute approximate surface area is 179 Å². The van der Waals surface area contributed by atoms with Crippen LogP contribution in [-0.4, -0.2) is 48.1 Å². The van der Waals surface area contributed by atoms with E-state index >= 15 is 0 Å². The molecular weight excluding hydrogens is 398 g/mol. The molecule has 3 aliphatic rings. The van der Waals surface area contributed by atoms with Gasteiger partial charge in [-0.2, -0.15) is 5.10 Å². The highest BCUT2D eigenvalue weighted by Gasteiger charge is 2.49. The number of hydrogen-bond donors (Lipinski definition) is 1. The van der Waals surface area contributed by atoms with Gasteiger partial charge < -0.3 is 19.3 Å². The van der Waals surface area contributed by atoms with E-state index < -0.39 is 12.3 Å². The summed E-state index contributed by atoms with van der Waals surface area (Å²) in [6.45, 7) is 1.95. The number of carbonyl (C=O) groups is 1. The second-order valence-electron chi connectivity index (χ2n) is 7.71. The zero-order valence-electron chi connectivity index (χ0n) is 17.3. The van der Waals surface area contributed by atoms with Crippen LogP contribution in [0, 0.1) is 5.92 Å². The summed E-state index contributed by atoms with van der Waals surface area (Å²) in [6.07, 6.45) is 0.976. The summed E-state index contributed by atoms with van der Waals surface area (Å²) in [6, 6.07) is 13.4. The number of phenolic OH excluding ortho intramolecular Hbond substituents is 1. The Morgan fingerprint density at radius 1 is 1.26 bits per heavy atom. The number of carbonyl (C=O) groups excluding carboxylic acids is 1. The molecule has 0 saturated carbocycles. The van der Waals surface area contributed by atoms with Crippen LogP contribution in [0.25, 0.3) is 0 Å². The van der Waals surface area contributed by atoms with Gasteiger partial charge in [0.15, 0.2) is 17.3 Å². The third kappa shape index (κ3) is 3.19. The minimum atomic E-state index is -0.750. The summed E-state index contributed by atoms with van der Waals surface area (Å²) in [7, 11) is 1.52. The number of ether oxygens (including phenoxy) is 3. The summed E-state index contributed by atoms with van der Waals surface area (Å²) in [4.78, 5) is 16.9. The molecule has 0 aromatic heterocycles. The average Bonchev–Trinajstić information content (AvgIpc) is 3.35. The molecule has 8 nitrogen and oxygen atoms in total. The van der Waals surface area contributed by atoms with E-state index in [0.29, 0.717) is 11.6 Å². The van der Waals surface area contributed by atoms with E-state index in [1.54, 1.807) is 19.2 Å². The number of nitrogens with zero attached hydrogens (tertiary/aromatic N) is 3. The first kappa shape index (κ1) is 19.4. The maximum Gasteiger partial charge on any atom is 0.509 e. The fraction of sp³-hybridized carbons (Fsp3) is 0.348. The summed E-state index contributed by atoms with van der Waals surface area (Å²) in [5, 5.41) is 16.5. The predicted octanol–water partition coefficient (Wildman–Crippen LogP) is 3.61. The molecule has 0 bridgehead atoms. The van der Waals surface area contributed by atoms with Gasteiger partial charge in [-0.3, -0.25) is 4.99 Å². The molecule has 0 fully saturated rings. The second kappa shape index (κ2) is 7.61. The third-order valence-electron chi connectivity index (χ3n) is 6.02. The Morgan fingerprint density at radius 2 is 2.10 bits per heavy atom. The number of amidine groups is 1. The molecule has 2 aromatic rings. The number of rotatable bonds is 4. The predicted molar refractivity (Wildman–Crippen MR) is 113 cm³/mol. The number of fused-ring (bicyclic) bond motifs is 5. The number of phenols is 1. The zero-order valence-corrected chi connectivity index (χ0v) is 17.3. The Kier molecular flexibility index (Phi) is 4.77. The lowest BCUT2D eigenvalue weighted by Gasteiger charge is -2.38. The van der Waals surface area contributed by atoms with Crippen molar-refractivity contribution in [2.24, 2.45) is 16.0 Å². The van der Waals surface area contributed by atoms with E-state index in [4.69, 9.17) is 19.2 Å². The van der Waals surface area contributed by atoms with E-state index in [1.807, 2.05) is 29.3 Å². The van der Waals surface area contributed by atoms with E-state index in [1.165, 1.54) is 18.2 Å². The first-order chi connectivity index (χ1) is 15.1. The van der Waals surface area contributed by atoms with Crippen LogP contribution >= 0.6 is 0 Å². The van der Waals surface area contributed by atoms with Crippen LogP contribution in [0.15, 0.2) is 52.6 Å². The summed E-state index contributed by atoms with van der Waals surface area (Å²) < 4.78 is 15.7. The quantitative estimate of drug-likeness (QED) is 0.758. The minimum absolute atomic E-state index is 0.0273. The van der Waals surface area contributed by atoms with Crippen molar-refractivity contribution >= 4 is 18.2 Å². The van der Waals surface area contributed by atoms with Crippen LogP contribution in [0.5, 0.6) is 11.5 Å². The van der Waals surface area contributed by atoms with Crippen LogP contribution in [0.2, 0.25) is 0 Å². The summed E-state index contributed by atoms with van der Waals surface area (Å²) >= 11 is 0. The fourth-order valence-corrected chi connectivity index (χ4v) is 4.71. The standard InChI is InChI=1S/C23H23N3O5/c1-3-30-23(28)31-19-12-24-26-21-15-7-5-4-6-13(15)10-16(21)20(25-22(19)26)14-8-9-17(27)18(11-14)29-2/h4-9,11-12,16,19-21,27H,3,10H2,1-2H3. The molecule has 2 aromatic carbocycles. The molecule has 31 heavy (non-hydrogen) atoms. The van der Waals surface area contributed by atoms with Crippen molar-refractivity contribution in [3.05, 3.63) is 59.2 Å². The molecule has 0 spiro atoms. The van der Waals surface area contributed by atoms with Crippen molar-refractivity contribution in [1.82, 2.24) is 5.01 Å². The molecule has 0 radical (unpaired) electrons. The van der Waals surface area contributed by atoms with Crippen molar-refractivity contribution in [3.8, 4) is 11.5 Å². The molecule has 8 heteroatoms. The van der Waals surface area contributed by atoms with Gasteiger partial charge >= 0.3 is 6.16 Å². The summed E-state index contributed by atoms with van der Waals surface area (Å²) in [5.41, 5.74) is 3.38. The summed E-state index contributed by atoms with van der Waals surface area (Å²) in [5.74, 6) is 1.18. The highest BCUT2D eigenvalue weighted by molar-refractivity contribution is 6.05. The number of aromatic hydroxyl groups is 1. The van der Waals surface area contributed by atoms with E-state index in [2.05, 4.69) is 17.2 Å². The van der Waals surface area contributed by atoms with Crippen molar-refractivity contribution in [2.75, 3.05) is 13.7 Å². The topological polar surface area (TPSA) is 93.0 Å². The Bertz CT molecular complexity index is 1080. The molecule has 1 aliphatic carbocycles. The number of hydrogen-bond acceptors (Lipinski definition) is 8. The number of hydrazone groups is 1. The smallest absolute Gasteiger partial charge is 0.504 e. The second-order valence-corrected chi connectivity index (χ2v) is 7.71. The molecule has 2 heterocycles. The van der Waals surface area contributed by atoms with Crippen molar-refractivity contribution < 1.29 is 24.1 Å². The Balaban J connectivity index is 1.57. The highest BCUT2D eigenvalue weighted by atomic mass is 16.7. The Morgan fingerprint density at radius 3 is 2.90 bits per heavy atom. The van der Waals surface area contributed by atoms with E-state index in [0.717, 1.165) is 12.0 Å². The van der Waals surface area contributed by atoms with Gasteiger partial charge in [0.25, 0.3) is 0 Å². The minimum Gasteiger partial charge on any atom is -0.504 e. The van der Waals surface area contributed by atoms with Crippen molar-refractivity contribution in [1.29, 1.82) is 0 Å². The van der Waals surface area contributed by atoms with Gasteiger partial charge in [0, 0.05) is 5.92 Å². The van der Waals surface area contributed by atoms with Gasteiger partial charge in [0.05, 0.1) is 32.0 Å². The zero-order chi connectivity index (χ0) is 21.5. The van der Waals surface area contributed by atoms with Gasteiger partial charge in [-0.25, -0.2) is 9.80 Å². The molecule has 5 rings (SSSR count). The largest absolute Gasteiger partial charge is 0.509 e. The van der Waals surface area contributed by atoms with Gasteiger partial charge in [0.2, 0.25) is 6.10 Å². The van der Waals surface area contributed by atoms with Crippen LogP contribution in [0.1, 0.15) is 35.7 Å². The lowest BCUT2D eigenvalue weighted by atomic mass is 9.85. The molecule has 2 aliphatic heterocycles. The lowest BCUT2D eigenvalue weighted by molar-refractivity contribution is 0.0580. The van der Waals surface area contributed by atoms with Gasteiger partial charge in [-0.05, 0) is 42.2 Å². The van der Waals surface area contributed by atoms with Gasteiger partial charge in [-0.1, -0.05) is 30.3 Å².